The maximum atomic E-state index is 11.9. The second-order valence-electron chi connectivity index (χ2n) is 4.22. The molecule has 1 atom stereocenters. The monoisotopic (exact) mass is 253 g/mol. The molecule has 0 saturated heterocycles. The largest absolute Gasteiger partial charge is 0.475 e. The molecule has 0 aliphatic carbocycles. The van der Waals surface area contributed by atoms with Crippen molar-refractivity contribution < 1.29 is 23.8 Å². The zero-order valence-electron chi connectivity index (χ0n) is 10.2. The Kier molecular flexibility index (Phi) is 3.27. The van der Waals surface area contributed by atoms with Crippen LogP contribution in [0.4, 0.5) is 5.69 Å². The van der Waals surface area contributed by atoms with Gasteiger partial charge in [0.25, 0.3) is 5.91 Å². The molecule has 1 aliphatic rings. The van der Waals surface area contributed by atoms with Crippen molar-refractivity contribution in [3.05, 3.63) is 11.8 Å². The minimum atomic E-state index is -1.19. The molecular weight excluding hydrogens is 238 g/mol. The third-order valence-corrected chi connectivity index (χ3v) is 3.14. The van der Waals surface area contributed by atoms with Crippen molar-refractivity contribution in [1.82, 2.24) is 0 Å². The lowest BCUT2D eigenvalue weighted by Gasteiger charge is -2.27. The van der Waals surface area contributed by atoms with Crippen molar-refractivity contribution in [2.45, 2.75) is 32.8 Å². The van der Waals surface area contributed by atoms with E-state index < -0.39 is 12.1 Å². The Balaban J connectivity index is 2.26. The lowest BCUT2D eigenvalue weighted by Crippen LogP contribution is -2.41. The number of ether oxygens (including phenoxy) is 1. The van der Waals surface area contributed by atoms with Gasteiger partial charge in [0.1, 0.15) is 5.69 Å². The van der Waals surface area contributed by atoms with Gasteiger partial charge in [-0.05, 0) is 12.8 Å². The molecule has 0 aromatic carbocycles. The van der Waals surface area contributed by atoms with E-state index in [-0.39, 0.29) is 29.2 Å². The molecule has 2 heterocycles. The van der Waals surface area contributed by atoms with Crippen LogP contribution in [0.1, 0.15) is 37.2 Å². The standard InChI is InChI=1S/C12H15NO5/c1-3-6(4-2)9-10(14)13-7-5-8(11(15)16)17-12(7)18-9/h5-6,9H,3-4H2,1-2H3,(H,13,14)(H,15,16). The number of hydrogen-bond acceptors (Lipinski definition) is 4. The van der Waals surface area contributed by atoms with Gasteiger partial charge in [0.15, 0.2) is 6.10 Å². The SMILES string of the molecule is CCC(CC)C1Oc2oc(C(=O)O)cc2NC1=O. The highest BCUT2D eigenvalue weighted by Gasteiger charge is 2.35. The first kappa shape index (κ1) is 12.5. The van der Waals surface area contributed by atoms with Gasteiger partial charge in [-0.1, -0.05) is 13.8 Å². The van der Waals surface area contributed by atoms with Crippen LogP contribution in [0, 0.1) is 5.92 Å². The van der Waals surface area contributed by atoms with Crippen LogP contribution < -0.4 is 10.1 Å². The van der Waals surface area contributed by atoms with Crippen LogP contribution >= 0.6 is 0 Å². The van der Waals surface area contributed by atoms with Gasteiger partial charge in [-0.2, -0.15) is 0 Å². The number of anilines is 1. The summed E-state index contributed by atoms with van der Waals surface area (Å²) in [5.41, 5.74) is 0.277. The molecule has 1 aromatic heterocycles. The number of rotatable bonds is 4. The average Bonchev–Trinajstić information content (AvgIpc) is 2.74. The maximum Gasteiger partial charge on any atom is 0.372 e. The minimum Gasteiger partial charge on any atom is -0.475 e. The zero-order chi connectivity index (χ0) is 13.3. The van der Waals surface area contributed by atoms with Gasteiger partial charge in [0.2, 0.25) is 5.76 Å². The smallest absolute Gasteiger partial charge is 0.372 e. The fourth-order valence-corrected chi connectivity index (χ4v) is 2.05. The number of nitrogens with one attached hydrogen (secondary N) is 1. The summed E-state index contributed by atoms with van der Waals surface area (Å²) in [6.07, 6.45) is 0.979. The summed E-state index contributed by atoms with van der Waals surface area (Å²) in [6.45, 7) is 3.95. The summed E-state index contributed by atoms with van der Waals surface area (Å²) in [4.78, 5) is 22.6. The summed E-state index contributed by atoms with van der Waals surface area (Å²) in [5.74, 6) is -1.54. The minimum absolute atomic E-state index is 0.0731. The van der Waals surface area contributed by atoms with Crippen molar-refractivity contribution in [2.75, 3.05) is 5.32 Å². The molecule has 1 unspecified atom stereocenters. The summed E-state index contributed by atoms with van der Waals surface area (Å²) >= 11 is 0. The molecule has 0 radical (unpaired) electrons. The Hall–Kier alpha value is -1.98. The van der Waals surface area contributed by atoms with E-state index in [0.717, 1.165) is 12.8 Å². The third kappa shape index (κ3) is 2.05. The maximum absolute atomic E-state index is 11.9. The summed E-state index contributed by atoms with van der Waals surface area (Å²) in [5, 5.41) is 11.4. The fourth-order valence-electron chi connectivity index (χ4n) is 2.05. The van der Waals surface area contributed by atoms with Crippen LogP contribution in [0.3, 0.4) is 0 Å². The lowest BCUT2D eigenvalue weighted by molar-refractivity contribution is -0.126. The first-order valence-corrected chi connectivity index (χ1v) is 5.91. The lowest BCUT2D eigenvalue weighted by atomic mass is 9.95. The second kappa shape index (κ2) is 4.72. The van der Waals surface area contributed by atoms with E-state index in [1.165, 1.54) is 6.07 Å². The van der Waals surface area contributed by atoms with Crippen LogP contribution in [0.5, 0.6) is 5.95 Å². The molecule has 0 fully saturated rings. The normalized spacial score (nSPS) is 18.2. The Morgan fingerprint density at radius 3 is 2.72 bits per heavy atom. The number of amides is 1. The predicted octanol–water partition coefficient (Wildman–Crippen LogP) is 2.11. The van der Waals surface area contributed by atoms with Gasteiger partial charge in [-0.15, -0.1) is 0 Å². The van der Waals surface area contributed by atoms with E-state index in [0.29, 0.717) is 0 Å². The van der Waals surface area contributed by atoms with Crippen LogP contribution in [0.2, 0.25) is 0 Å². The molecule has 0 saturated carbocycles. The van der Waals surface area contributed by atoms with E-state index in [1.807, 2.05) is 13.8 Å². The van der Waals surface area contributed by atoms with E-state index in [9.17, 15) is 9.59 Å². The number of fused-ring (bicyclic) bond motifs is 1. The second-order valence-corrected chi connectivity index (χ2v) is 4.22. The highest BCUT2D eigenvalue weighted by atomic mass is 16.6. The van der Waals surface area contributed by atoms with E-state index in [2.05, 4.69) is 5.32 Å². The van der Waals surface area contributed by atoms with Gasteiger partial charge < -0.3 is 19.6 Å². The topological polar surface area (TPSA) is 88.8 Å². The Bertz CT molecular complexity index is 475. The molecule has 98 valence electrons. The first-order valence-electron chi connectivity index (χ1n) is 5.91. The molecule has 0 bridgehead atoms. The Morgan fingerprint density at radius 2 is 2.17 bits per heavy atom. The summed E-state index contributed by atoms with van der Waals surface area (Å²) in [6, 6.07) is 1.25. The molecule has 6 heteroatoms. The summed E-state index contributed by atoms with van der Waals surface area (Å²) < 4.78 is 10.5. The number of carboxylic acids is 1. The average molecular weight is 253 g/mol. The highest BCUT2D eigenvalue weighted by Crippen LogP contribution is 2.35. The number of carboxylic acid groups (broad SMARTS) is 1. The predicted molar refractivity (Wildman–Crippen MR) is 62.8 cm³/mol. The van der Waals surface area contributed by atoms with Gasteiger partial charge in [0, 0.05) is 12.0 Å². The molecule has 1 amide bonds. The molecule has 6 nitrogen and oxygen atoms in total. The molecule has 1 aromatic rings. The molecule has 2 rings (SSSR count). The van der Waals surface area contributed by atoms with Crippen molar-refractivity contribution in [1.29, 1.82) is 0 Å². The van der Waals surface area contributed by atoms with Crippen LogP contribution in [0.15, 0.2) is 10.5 Å². The molecule has 18 heavy (non-hydrogen) atoms. The molecule has 0 spiro atoms. The Labute approximate surface area is 104 Å². The van der Waals surface area contributed by atoms with Crippen LogP contribution in [-0.4, -0.2) is 23.1 Å². The van der Waals surface area contributed by atoms with Crippen molar-refractivity contribution in [3.63, 3.8) is 0 Å². The van der Waals surface area contributed by atoms with Crippen LogP contribution in [-0.2, 0) is 4.79 Å². The number of hydrogen-bond donors (Lipinski definition) is 2. The van der Waals surface area contributed by atoms with Crippen molar-refractivity contribution >= 4 is 17.6 Å². The van der Waals surface area contributed by atoms with Gasteiger partial charge in [-0.3, -0.25) is 4.79 Å². The fraction of sp³-hybridized carbons (Fsp3) is 0.500. The highest BCUT2D eigenvalue weighted by molar-refractivity contribution is 5.99. The number of carbonyl (C=O) groups excluding carboxylic acids is 1. The van der Waals surface area contributed by atoms with Crippen molar-refractivity contribution in [2.24, 2.45) is 5.92 Å². The molecular formula is C12H15NO5. The summed E-state index contributed by atoms with van der Waals surface area (Å²) in [7, 11) is 0. The van der Waals surface area contributed by atoms with Crippen LogP contribution in [0.25, 0.3) is 0 Å². The number of aromatic carboxylic acids is 1. The van der Waals surface area contributed by atoms with E-state index in [1.54, 1.807) is 0 Å². The Morgan fingerprint density at radius 1 is 1.50 bits per heavy atom. The van der Waals surface area contributed by atoms with Crippen molar-refractivity contribution in [3.8, 4) is 5.95 Å². The third-order valence-electron chi connectivity index (χ3n) is 3.14. The molecule has 2 N–H and O–H groups in total. The van der Waals surface area contributed by atoms with E-state index >= 15 is 0 Å². The van der Waals surface area contributed by atoms with Gasteiger partial charge >= 0.3 is 11.9 Å². The molecule has 1 aliphatic heterocycles. The van der Waals surface area contributed by atoms with E-state index in [4.69, 9.17) is 14.3 Å². The number of furan rings is 1. The first-order chi connectivity index (χ1) is 8.56. The van der Waals surface area contributed by atoms with Gasteiger partial charge in [-0.25, -0.2) is 4.79 Å². The number of carbonyl (C=O) groups is 2. The zero-order valence-corrected chi connectivity index (χ0v) is 10.2. The quantitative estimate of drug-likeness (QED) is 0.857. The van der Waals surface area contributed by atoms with Gasteiger partial charge in [0.05, 0.1) is 0 Å².